The molecule has 0 spiro atoms. The number of nitrogen functional groups attached to an aromatic ring is 1. The maximum atomic E-state index is 11.6. The van der Waals surface area contributed by atoms with Gasteiger partial charge in [-0.2, -0.15) is 0 Å². The fourth-order valence-corrected chi connectivity index (χ4v) is 2.73. The molecule has 0 saturated carbocycles. The Kier molecular flexibility index (Phi) is 4.57. The third-order valence-electron chi connectivity index (χ3n) is 2.87. The number of carbonyl (C=O) groups excluding carboxylic acids is 1. The highest BCUT2D eigenvalue weighted by atomic mass is 32.1. The lowest BCUT2D eigenvalue weighted by atomic mass is 10.2. The Balaban J connectivity index is 2.11. The number of ether oxygens (including phenoxy) is 1. The number of hydrogen-bond acceptors (Lipinski definition) is 6. The van der Waals surface area contributed by atoms with E-state index in [-0.39, 0.29) is 6.04 Å². The molecule has 0 aromatic carbocycles. The molecule has 0 aliphatic rings. The van der Waals surface area contributed by atoms with Crippen molar-refractivity contribution in [3.05, 3.63) is 40.2 Å². The van der Waals surface area contributed by atoms with E-state index in [2.05, 4.69) is 21.1 Å². The predicted octanol–water partition coefficient (Wildman–Crippen LogP) is 2.55. The molecule has 3 N–H and O–H groups in total. The first kappa shape index (κ1) is 14.3. The molecule has 0 saturated heterocycles. The number of esters is 1. The summed E-state index contributed by atoms with van der Waals surface area (Å²) in [5.41, 5.74) is 6.60. The molecule has 20 heavy (non-hydrogen) atoms. The first-order valence-electron chi connectivity index (χ1n) is 6.23. The summed E-state index contributed by atoms with van der Waals surface area (Å²) in [4.78, 5) is 17.0. The fraction of sp³-hybridized carbons (Fsp3) is 0.286. The van der Waals surface area contributed by atoms with E-state index in [1.165, 1.54) is 12.0 Å². The van der Waals surface area contributed by atoms with E-state index in [9.17, 15) is 4.79 Å². The Bertz CT molecular complexity index is 584. The molecule has 0 fully saturated rings. The van der Waals surface area contributed by atoms with Crippen LogP contribution in [0.25, 0.3) is 0 Å². The maximum absolute atomic E-state index is 11.6. The van der Waals surface area contributed by atoms with Crippen molar-refractivity contribution in [2.75, 3.05) is 18.2 Å². The fourth-order valence-electron chi connectivity index (χ4n) is 1.89. The van der Waals surface area contributed by atoms with Crippen molar-refractivity contribution in [1.82, 2.24) is 4.98 Å². The molecular formula is C14H17N3O2S. The molecule has 0 bridgehead atoms. The smallest absolute Gasteiger partial charge is 0.340 e. The Hall–Kier alpha value is -2.08. The lowest BCUT2D eigenvalue weighted by molar-refractivity contribution is 0.0602. The largest absolute Gasteiger partial charge is 0.465 e. The molecular weight excluding hydrogens is 274 g/mol. The van der Waals surface area contributed by atoms with Crippen molar-refractivity contribution in [3.63, 3.8) is 0 Å². The molecule has 6 heteroatoms. The number of hydrogen-bond donors (Lipinski definition) is 2. The average Bonchev–Trinajstić information content (AvgIpc) is 2.93. The van der Waals surface area contributed by atoms with Gasteiger partial charge < -0.3 is 15.8 Å². The topological polar surface area (TPSA) is 77.2 Å². The van der Waals surface area contributed by atoms with Gasteiger partial charge >= 0.3 is 5.97 Å². The number of pyridine rings is 1. The molecule has 5 nitrogen and oxygen atoms in total. The van der Waals surface area contributed by atoms with Crippen LogP contribution in [0.2, 0.25) is 0 Å². The second-order valence-corrected chi connectivity index (χ2v) is 5.47. The number of thiophene rings is 1. The van der Waals surface area contributed by atoms with Gasteiger partial charge in [0.25, 0.3) is 0 Å². The second kappa shape index (κ2) is 6.38. The van der Waals surface area contributed by atoms with Gasteiger partial charge in [0.1, 0.15) is 5.82 Å². The van der Waals surface area contributed by atoms with Crippen LogP contribution in [0.1, 0.15) is 22.2 Å². The number of carbonyl (C=O) groups is 1. The Morgan fingerprint density at radius 1 is 1.55 bits per heavy atom. The number of rotatable bonds is 5. The van der Waals surface area contributed by atoms with Gasteiger partial charge in [-0.1, -0.05) is 6.07 Å². The summed E-state index contributed by atoms with van der Waals surface area (Å²) in [6.07, 6.45) is 2.42. The zero-order valence-corrected chi connectivity index (χ0v) is 12.2. The van der Waals surface area contributed by atoms with Gasteiger partial charge in [0, 0.05) is 23.5 Å². The summed E-state index contributed by atoms with van der Waals surface area (Å²) in [7, 11) is 1.33. The van der Waals surface area contributed by atoms with Crippen LogP contribution >= 0.6 is 11.3 Å². The van der Waals surface area contributed by atoms with Crippen molar-refractivity contribution >= 4 is 28.8 Å². The summed E-state index contributed by atoms with van der Waals surface area (Å²) < 4.78 is 4.69. The van der Waals surface area contributed by atoms with E-state index in [1.807, 2.05) is 18.4 Å². The van der Waals surface area contributed by atoms with E-state index < -0.39 is 5.97 Å². The van der Waals surface area contributed by atoms with Gasteiger partial charge in [-0.3, -0.25) is 0 Å². The Morgan fingerprint density at radius 3 is 3.00 bits per heavy atom. The van der Waals surface area contributed by atoms with Crippen LogP contribution in [0.4, 0.5) is 11.5 Å². The molecule has 2 heterocycles. The van der Waals surface area contributed by atoms with Crippen LogP contribution in [-0.4, -0.2) is 24.1 Å². The molecule has 0 aliphatic heterocycles. The minimum atomic E-state index is -0.459. The van der Waals surface area contributed by atoms with Gasteiger partial charge in [0.15, 0.2) is 0 Å². The highest BCUT2D eigenvalue weighted by Crippen LogP contribution is 2.22. The lowest BCUT2D eigenvalue weighted by Crippen LogP contribution is -2.20. The Labute approximate surface area is 121 Å². The summed E-state index contributed by atoms with van der Waals surface area (Å²) in [5, 5.41) is 5.28. The molecule has 1 atom stereocenters. The van der Waals surface area contributed by atoms with E-state index in [0.29, 0.717) is 17.1 Å². The zero-order valence-electron chi connectivity index (χ0n) is 11.4. The van der Waals surface area contributed by atoms with E-state index >= 15 is 0 Å². The van der Waals surface area contributed by atoms with Crippen LogP contribution in [0, 0.1) is 0 Å². The minimum absolute atomic E-state index is 0.163. The van der Waals surface area contributed by atoms with Crippen LogP contribution < -0.4 is 11.1 Å². The van der Waals surface area contributed by atoms with Gasteiger partial charge in [0.05, 0.1) is 18.4 Å². The first-order valence-corrected chi connectivity index (χ1v) is 7.11. The summed E-state index contributed by atoms with van der Waals surface area (Å²) >= 11 is 1.71. The quantitative estimate of drug-likeness (QED) is 0.828. The third kappa shape index (κ3) is 3.27. The van der Waals surface area contributed by atoms with Gasteiger partial charge in [-0.15, -0.1) is 11.3 Å². The van der Waals surface area contributed by atoms with Crippen LogP contribution in [0.5, 0.6) is 0 Å². The van der Waals surface area contributed by atoms with Crippen LogP contribution in [0.3, 0.4) is 0 Å². The molecule has 2 rings (SSSR count). The maximum Gasteiger partial charge on any atom is 0.340 e. The van der Waals surface area contributed by atoms with Crippen molar-refractivity contribution in [3.8, 4) is 0 Å². The molecule has 106 valence electrons. The SMILES string of the molecule is COC(=O)c1ccnc(NC(C)Cc2cccs2)c1N. The van der Waals surface area contributed by atoms with Gasteiger partial charge in [-0.05, 0) is 24.4 Å². The number of anilines is 2. The number of methoxy groups -OCH3 is 1. The normalized spacial score (nSPS) is 11.9. The van der Waals surface area contributed by atoms with Crippen molar-refractivity contribution in [2.45, 2.75) is 19.4 Å². The van der Waals surface area contributed by atoms with Crippen molar-refractivity contribution in [1.29, 1.82) is 0 Å². The molecule has 0 aliphatic carbocycles. The van der Waals surface area contributed by atoms with E-state index in [4.69, 9.17) is 5.73 Å². The molecule has 2 aromatic heterocycles. The third-order valence-corrected chi connectivity index (χ3v) is 3.76. The monoisotopic (exact) mass is 291 g/mol. The van der Waals surface area contributed by atoms with Gasteiger partial charge in [-0.25, -0.2) is 9.78 Å². The standard InChI is InChI=1S/C14H17N3O2S/c1-9(8-10-4-3-7-20-10)17-13-12(15)11(5-6-16-13)14(18)19-2/h3-7,9H,8,15H2,1-2H3,(H,16,17). The lowest BCUT2D eigenvalue weighted by Gasteiger charge is -2.16. The predicted molar refractivity (Wildman–Crippen MR) is 81.1 cm³/mol. The number of nitrogens with two attached hydrogens (primary N) is 1. The summed E-state index contributed by atoms with van der Waals surface area (Å²) in [6.45, 7) is 2.05. The van der Waals surface area contributed by atoms with Crippen molar-refractivity contribution in [2.24, 2.45) is 0 Å². The van der Waals surface area contributed by atoms with E-state index in [0.717, 1.165) is 6.42 Å². The van der Waals surface area contributed by atoms with Crippen LogP contribution in [-0.2, 0) is 11.2 Å². The molecule has 0 radical (unpaired) electrons. The molecule has 2 aromatic rings. The average molecular weight is 291 g/mol. The van der Waals surface area contributed by atoms with Crippen LogP contribution in [0.15, 0.2) is 29.8 Å². The highest BCUT2D eigenvalue weighted by molar-refractivity contribution is 7.09. The second-order valence-electron chi connectivity index (χ2n) is 4.44. The van der Waals surface area contributed by atoms with Crippen molar-refractivity contribution < 1.29 is 9.53 Å². The summed E-state index contributed by atoms with van der Waals surface area (Å²) in [5.74, 6) is 0.0517. The number of nitrogens with zero attached hydrogens (tertiary/aromatic N) is 1. The number of aromatic nitrogens is 1. The number of nitrogens with one attached hydrogen (secondary N) is 1. The molecule has 1 unspecified atom stereocenters. The zero-order chi connectivity index (χ0) is 14.5. The highest BCUT2D eigenvalue weighted by Gasteiger charge is 2.15. The molecule has 0 amide bonds. The minimum Gasteiger partial charge on any atom is -0.465 e. The first-order chi connectivity index (χ1) is 9.61. The summed E-state index contributed by atoms with van der Waals surface area (Å²) in [6, 6.07) is 5.83. The van der Waals surface area contributed by atoms with Gasteiger partial charge in [0.2, 0.25) is 0 Å². The van der Waals surface area contributed by atoms with E-state index in [1.54, 1.807) is 23.6 Å². The Morgan fingerprint density at radius 2 is 2.35 bits per heavy atom.